The summed E-state index contributed by atoms with van der Waals surface area (Å²) in [6, 6.07) is 6.33. The Labute approximate surface area is 263 Å². The van der Waals surface area contributed by atoms with Crippen molar-refractivity contribution in [3.05, 3.63) is 35.4 Å². The predicted octanol–water partition coefficient (Wildman–Crippen LogP) is 8.88. The number of hydrogen-bond acceptors (Lipinski definition) is 4. The summed E-state index contributed by atoms with van der Waals surface area (Å²) in [6.45, 7) is 16.8. The number of carboxylic acid groups (broad SMARTS) is 2. The van der Waals surface area contributed by atoms with Crippen molar-refractivity contribution in [2.45, 2.75) is 125 Å². The van der Waals surface area contributed by atoms with Gasteiger partial charge in [-0.1, -0.05) is 60.6 Å². The molecule has 5 aliphatic rings. The van der Waals surface area contributed by atoms with Crippen LogP contribution in [0.1, 0.15) is 140 Å². The van der Waals surface area contributed by atoms with Gasteiger partial charge in [0.15, 0.2) is 0 Å². The number of rotatable bonds is 4. The van der Waals surface area contributed by atoms with Crippen LogP contribution >= 0.6 is 0 Å². The van der Waals surface area contributed by atoms with Crippen LogP contribution < -0.4 is 0 Å². The van der Waals surface area contributed by atoms with Crippen LogP contribution in [0.4, 0.5) is 0 Å². The first-order chi connectivity index (χ1) is 20.4. The molecule has 4 unspecified atom stereocenters. The van der Waals surface area contributed by atoms with Crippen LogP contribution in [-0.2, 0) is 9.53 Å². The lowest BCUT2D eigenvalue weighted by molar-refractivity contribution is -0.254. The molecule has 0 spiro atoms. The van der Waals surface area contributed by atoms with E-state index in [2.05, 4.69) is 48.5 Å². The number of fused-ring (bicyclic) bond motifs is 7. The number of hydrogen-bond donors (Lipinski definition) is 2. The number of carbonyl (C=O) groups is 3. The Balaban J connectivity index is 1.28. The van der Waals surface area contributed by atoms with E-state index in [1.165, 1.54) is 6.07 Å². The monoisotopic (exact) mass is 606 g/mol. The molecule has 0 saturated heterocycles. The van der Waals surface area contributed by atoms with Gasteiger partial charge in [0, 0.05) is 5.41 Å². The fourth-order valence-electron chi connectivity index (χ4n) is 12.6. The van der Waals surface area contributed by atoms with Crippen molar-refractivity contribution in [3.8, 4) is 0 Å². The second kappa shape index (κ2) is 10.1. The third-order valence-electron chi connectivity index (χ3n) is 15.2. The zero-order valence-electron chi connectivity index (χ0n) is 28.0. The first kappa shape index (κ1) is 31.6. The Morgan fingerprint density at radius 3 is 2.02 bits per heavy atom. The van der Waals surface area contributed by atoms with E-state index in [0.29, 0.717) is 17.8 Å². The Morgan fingerprint density at radius 2 is 1.36 bits per heavy atom. The van der Waals surface area contributed by atoms with Crippen LogP contribution in [0.2, 0.25) is 0 Å². The molecule has 44 heavy (non-hydrogen) atoms. The maximum absolute atomic E-state index is 13.4. The van der Waals surface area contributed by atoms with Gasteiger partial charge in [-0.3, -0.25) is 4.79 Å². The third-order valence-corrected chi connectivity index (χ3v) is 15.2. The van der Waals surface area contributed by atoms with Gasteiger partial charge in [0.25, 0.3) is 0 Å². The van der Waals surface area contributed by atoms with Gasteiger partial charge >= 0.3 is 17.9 Å². The number of aliphatic carboxylic acids is 1. The molecule has 9 atom stereocenters. The molecule has 2 N–H and O–H groups in total. The van der Waals surface area contributed by atoms with Crippen molar-refractivity contribution in [2.75, 3.05) is 0 Å². The van der Waals surface area contributed by atoms with E-state index in [-0.39, 0.29) is 50.2 Å². The van der Waals surface area contributed by atoms with Crippen molar-refractivity contribution in [1.29, 1.82) is 0 Å². The lowest BCUT2D eigenvalue weighted by atomic mass is 9.31. The lowest BCUT2D eigenvalue weighted by Gasteiger charge is -2.73. The van der Waals surface area contributed by atoms with E-state index in [0.717, 1.165) is 70.6 Å². The average Bonchev–Trinajstić information content (AvgIpc) is 2.94. The summed E-state index contributed by atoms with van der Waals surface area (Å²) in [5, 5.41) is 20.3. The second-order valence-corrected chi connectivity index (χ2v) is 17.7. The summed E-state index contributed by atoms with van der Waals surface area (Å²) in [4.78, 5) is 38.1. The first-order valence-corrected chi connectivity index (χ1v) is 17.2. The molecule has 242 valence electrons. The summed E-state index contributed by atoms with van der Waals surface area (Å²) in [6.07, 6.45) is 10.6. The van der Waals surface area contributed by atoms with Crippen LogP contribution in [-0.4, -0.2) is 34.2 Å². The number of carbonyl (C=O) groups excluding carboxylic acids is 1. The minimum Gasteiger partial charge on any atom is -0.481 e. The molecule has 5 saturated carbocycles. The van der Waals surface area contributed by atoms with Crippen molar-refractivity contribution < 1.29 is 29.3 Å². The van der Waals surface area contributed by atoms with Gasteiger partial charge in [0.05, 0.1) is 16.5 Å². The normalized spacial score (nSPS) is 43.8. The second-order valence-electron chi connectivity index (χ2n) is 17.7. The van der Waals surface area contributed by atoms with E-state index in [1.54, 1.807) is 18.2 Å². The lowest BCUT2D eigenvalue weighted by Crippen LogP contribution is -2.67. The molecule has 0 amide bonds. The molecule has 6 heteroatoms. The summed E-state index contributed by atoms with van der Waals surface area (Å²) in [5.41, 5.74) is -0.191. The molecular formula is C38H54O6. The maximum Gasteiger partial charge on any atom is 0.339 e. The van der Waals surface area contributed by atoms with E-state index in [1.807, 2.05) is 0 Å². The van der Waals surface area contributed by atoms with Gasteiger partial charge in [-0.25, -0.2) is 9.59 Å². The Morgan fingerprint density at radius 1 is 0.705 bits per heavy atom. The van der Waals surface area contributed by atoms with Crippen LogP contribution in [0.3, 0.4) is 0 Å². The molecule has 1 aromatic carbocycles. The van der Waals surface area contributed by atoms with Gasteiger partial charge in [-0.2, -0.15) is 0 Å². The number of carboxylic acids is 2. The number of esters is 1. The van der Waals surface area contributed by atoms with Crippen molar-refractivity contribution in [1.82, 2.24) is 0 Å². The number of ether oxygens (including phenoxy) is 1. The highest BCUT2D eigenvalue weighted by Crippen LogP contribution is 2.77. The van der Waals surface area contributed by atoms with Crippen LogP contribution in [0.5, 0.6) is 0 Å². The van der Waals surface area contributed by atoms with Gasteiger partial charge in [-0.15, -0.1) is 0 Å². The highest BCUT2D eigenvalue weighted by molar-refractivity contribution is 6.02. The average molecular weight is 607 g/mol. The van der Waals surface area contributed by atoms with Crippen LogP contribution in [0.15, 0.2) is 24.3 Å². The minimum atomic E-state index is -1.12. The maximum atomic E-state index is 13.4. The number of aromatic carboxylic acids is 1. The molecule has 0 bridgehead atoms. The van der Waals surface area contributed by atoms with Gasteiger partial charge in [0.2, 0.25) is 0 Å². The third kappa shape index (κ3) is 4.27. The molecule has 6 nitrogen and oxygen atoms in total. The highest BCUT2D eigenvalue weighted by Gasteiger charge is 2.71. The fraction of sp³-hybridized carbons (Fsp3) is 0.763. The first-order valence-electron chi connectivity index (χ1n) is 17.2. The zero-order chi connectivity index (χ0) is 32.1. The molecule has 5 fully saturated rings. The Kier molecular flexibility index (Phi) is 7.23. The minimum absolute atomic E-state index is 0.0184. The topological polar surface area (TPSA) is 101 Å². The molecular weight excluding hydrogens is 552 g/mol. The van der Waals surface area contributed by atoms with Gasteiger partial charge in [0.1, 0.15) is 6.10 Å². The summed E-state index contributed by atoms with van der Waals surface area (Å²) < 4.78 is 6.20. The SMILES string of the molecule is CC1(C)CC[C@]2(C(=O)O)CC[C@]3(C)C(CCC4[C@@]5(C)CC[C@H](OC(=O)c6ccccc6C(=O)O)C(C)(C)C5CC[C@]43C)C2C1. The van der Waals surface area contributed by atoms with Crippen molar-refractivity contribution in [2.24, 2.45) is 56.2 Å². The van der Waals surface area contributed by atoms with Gasteiger partial charge < -0.3 is 14.9 Å². The van der Waals surface area contributed by atoms with Crippen LogP contribution in [0, 0.1) is 56.2 Å². The summed E-state index contributed by atoms with van der Waals surface area (Å²) in [5.74, 6) is -0.623. The van der Waals surface area contributed by atoms with E-state index in [4.69, 9.17) is 4.74 Å². The van der Waals surface area contributed by atoms with E-state index < -0.39 is 23.3 Å². The quantitative estimate of drug-likeness (QED) is 0.332. The number of benzene rings is 1. The van der Waals surface area contributed by atoms with Crippen molar-refractivity contribution >= 4 is 17.9 Å². The van der Waals surface area contributed by atoms with Crippen LogP contribution in [0.25, 0.3) is 0 Å². The molecule has 0 radical (unpaired) electrons. The summed E-state index contributed by atoms with van der Waals surface area (Å²) in [7, 11) is 0. The Hall–Kier alpha value is -2.37. The van der Waals surface area contributed by atoms with E-state index in [9.17, 15) is 24.6 Å². The fourth-order valence-corrected chi connectivity index (χ4v) is 12.6. The molecule has 6 rings (SSSR count). The Bertz CT molecular complexity index is 1360. The predicted molar refractivity (Wildman–Crippen MR) is 169 cm³/mol. The largest absolute Gasteiger partial charge is 0.481 e. The summed E-state index contributed by atoms with van der Waals surface area (Å²) >= 11 is 0. The molecule has 5 aliphatic carbocycles. The molecule has 0 heterocycles. The molecule has 1 aromatic rings. The smallest absolute Gasteiger partial charge is 0.339 e. The highest BCUT2D eigenvalue weighted by atomic mass is 16.5. The standard InChI is InChI=1S/C38H54O6/c1-33(2)18-20-38(32(42)43)21-19-36(6)25(26(38)22-33)12-13-28-35(5)16-15-29(34(3,4)27(35)14-17-37(28,36)7)44-31(41)24-11-9-8-10-23(24)30(39)40/h8-11,25-29H,12-22H2,1-7H3,(H,39,40)(H,42,43)/t25?,26?,27?,28?,29-,35-,36+,37+,38-/m0/s1. The molecule has 0 aromatic heterocycles. The zero-order valence-corrected chi connectivity index (χ0v) is 28.0. The molecule has 0 aliphatic heterocycles. The van der Waals surface area contributed by atoms with Crippen molar-refractivity contribution in [3.63, 3.8) is 0 Å². The van der Waals surface area contributed by atoms with Gasteiger partial charge in [-0.05, 0) is 128 Å². The van der Waals surface area contributed by atoms with E-state index >= 15 is 0 Å².